The molecule has 124 valence electrons. The van der Waals surface area contributed by atoms with Gasteiger partial charge in [0, 0.05) is 26.4 Å². The molecule has 0 aromatic carbocycles. The summed E-state index contributed by atoms with van der Waals surface area (Å²) in [6, 6.07) is 5.16. The fraction of sp³-hybridized carbons (Fsp3) is 0.438. The molecule has 0 spiro atoms. The number of fused-ring (bicyclic) bond motifs is 1. The number of ether oxygens (including phenoxy) is 1. The third-order valence-corrected chi connectivity index (χ3v) is 3.24. The SMILES string of the molecule is CNC(=O)c1cccc2nc(C(=O)NCCCOC(C)C)cn12. The summed E-state index contributed by atoms with van der Waals surface area (Å²) in [5.41, 5.74) is 1.27. The molecule has 2 N–H and O–H groups in total. The van der Waals surface area contributed by atoms with E-state index in [1.807, 2.05) is 13.8 Å². The number of amides is 2. The molecule has 2 heterocycles. The number of pyridine rings is 1. The van der Waals surface area contributed by atoms with Crippen molar-refractivity contribution in [3.63, 3.8) is 0 Å². The fourth-order valence-corrected chi connectivity index (χ4v) is 2.12. The van der Waals surface area contributed by atoms with Gasteiger partial charge in [0.15, 0.2) is 0 Å². The predicted molar refractivity (Wildman–Crippen MR) is 86.6 cm³/mol. The maximum absolute atomic E-state index is 12.1. The van der Waals surface area contributed by atoms with Crippen molar-refractivity contribution in [3.05, 3.63) is 35.8 Å². The van der Waals surface area contributed by atoms with Gasteiger partial charge in [0.25, 0.3) is 11.8 Å². The Morgan fingerprint density at radius 2 is 2.09 bits per heavy atom. The molecule has 0 radical (unpaired) electrons. The van der Waals surface area contributed by atoms with Crippen molar-refractivity contribution < 1.29 is 14.3 Å². The van der Waals surface area contributed by atoms with Crippen LogP contribution in [0, 0.1) is 0 Å². The van der Waals surface area contributed by atoms with Crippen LogP contribution in [0.4, 0.5) is 0 Å². The third kappa shape index (κ3) is 4.29. The zero-order valence-corrected chi connectivity index (χ0v) is 13.6. The first-order valence-electron chi connectivity index (χ1n) is 7.63. The van der Waals surface area contributed by atoms with Crippen molar-refractivity contribution in [1.82, 2.24) is 20.0 Å². The van der Waals surface area contributed by atoms with Gasteiger partial charge in [0.05, 0.1) is 6.10 Å². The first kappa shape index (κ1) is 17.0. The van der Waals surface area contributed by atoms with Crippen LogP contribution in [0.3, 0.4) is 0 Å². The maximum Gasteiger partial charge on any atom is 0.271 e. The number of aromatic nitrogens is 2. The number of rotatable bonds is 7. The second-order valence-electron chi connectivity index (χ2n) is 5.37. The third-order valence-electron chi connectivity index (χ3n) is 3.24. The predicted octanol–water partition coefficient (Wildman–Crippen LogP) is 1.24. The van der Waals surface area contributed by atoms with E-state index in [0.29, 0.717) is 24.5 Å². The van der Waals surface area contributed by atoms with Crippen LogP contribution >= 0.6 is 0 Å². The highest BCUT2D eigenvalue weighted by Crippen LogP contribution is 2.09. The summed E-state index contributed by atoms with van der Waals surface area (Å²) in [5.74, 6) is -0.494. The second kappa shape index (κ2) is 7.73. The zero-order chi connectivity index (χ0) is 16.8. The van der Waals surface area contributed by atoms with Crippen molar-refractivity contribution in [1.29, 1.82) is 0 Å². The summed E-state index contributed by atoms with van der Waals surface area (Å²) in [5, 5.41) is 5.37. The minimum absolute atomic E-state index is 0.187. The first-order chi connectivity index (χ1) is 11.0. The van der Waals surface area contributed by atoms with Gasteiger partial charge in [-0.2, -0.15) is 0 Å². The van der Waals surface area contributed by atoms with Crippen molar-refractivity contribution in [2.75, 3.05) is 20.2 Å². The van der Waals surface area contributed by atoms with Crippen LogP contribution in [0.2, 0.25) is 0 Å². The van der Waals surface area contributed by atoms with E-state index >= 15 is 0 Å². The zero-order valence-electron chi connectivity index (χ0n) is 13.6. The molecule has 2 aromatic heterocycles. The largest absolute Gasteiger partial charge is 0.379 e. The minimum Gasteiger partial charge on any atom is -0.379 e. The van der Waals surface area contributed by atoms with Crippen molar-refractivity contribution >= 4 is 17.5 Å². The van der Waals surface area contributed by atoms with E-state index in [1.165, 1.54) is 0 Å². The van der Waals surface area contributed by atoms with Gasteiger partial charge >= 0.3 is 0 Å². The molecule has 0 fully saturated rings. The molecule has 0 saturated heterocycles. The van der Waals surface area contributed by atoms with Gasteiger partial charge in [-0.1, -0.05) is 6.07 Å². The molecule has 0 aliphatic rings. The number of carbonyl (C=O) groups excluding carboxylic acids is 2. The lowest BCUT2D eigenvalue weighted by atomic mass is 10.3. The summed E-state index contributed by atoms with van der Waals surface area (Å²) >= 11 is 0. The van der Waals surface area contributed by atoms with Crippen LogP contribution in [-0.2, 0) is 4.74 Å². The molecule has 7 heteroatoms. The highest BCUT2D eigenvalue weighted by Gasteiger charge is 2.14. The molecule has 23 heavy (non-hydrogen) atoms. The molecule has 0 unspecified atom stereocenters. The maximum atomic E-state index is 12.1. The number of hydrogen-bond acceptors (Lipinski definition) is 4. The van der Waals surface area contributed by atoms with Gasteiger partial charge in [0.2, 0.25) is 0 Å². The smallest absolute Gasteiger partial charge is 0.271 e. The molecular weight excluding hydrogens is 296 g/mol. The Morgan fingerprint density at radius 3 is 2.78 bits per heavy atom. The summed E-state index contributed by atoms with van der Waals surface area (Å²) in [6.45, 7) is 5.06. The van der Waals surface area contributed by atoms with E-state index in [-0.39, 0.29) is 23.6 Å². The van der Waals surface area contributed by atoms with E-state index in [9.17, 15) is 9.59 Å². The average molecular weight is 318 g/mol. The van der Waals surface area contributed by atoms with Crippen LogP contribution in [-0.4, -0.2) is 47.5 Å². The van der Waals surface area contributed by atoms with Crippen LogP contribution in [0.15, 0.2) is 24.4 Å². The van der Waals surface area contributed by atoms with Gasteiger partial charge < -0.3 is 15.4 Å². The molecule has 0 saturated carbocycles. The van der Waals surface area contributed by atoms with E-state index in [4.69, 9.17) is 4.74 Å². The highest BCUT2D eigenvalue weighted by molar-refractivity contribution is 5.95. The second-order valence-corrected chi connectivity index (χ2v) is 5.37. The van der Waals surface area contributed by atoms with Crippen molar-refractivity contribution in [2.24, 2.45) is 0 Å². The summed E-state index contributed by atoms with van der Waals surface area (Å²) in [7, 11) is 1.56. The van der Waals surface area contributed by atoms with E-state index < -0.39 is 0 Å². The fourth-order valence-electron chi connectivity index (χ4n) is 2.12. The molecule has 0 aliphatic heterocycles. The van der Waals surface area contributed by atoms with Crippen LogP contribution < -0.4 is 10.6 Å². The quantitative estimate of drug-likeness (QED) is 0.752. The van der Waals surface area contributed by atoms with Gasteiger partial charge in [-0.15, -0.1) is 0 Å². The van der Waals surface area contributed by atoms with Gasteiger partial charge in [-0.25, -0.2) is 4.98 Å². The molecule has 2 aromatic rings. The molecule has 2 amide bonds. The lowest BCUT2D eigenvalue weighted by molar-refractivity contribution is 0.0756. The highest BCUT2D eigenvalue weighted by atomic mass is 16.5. The van der Waals surface area contributed by atoms with Gasteiger partial charge in [-0.05, 0) is 32.4 Å². The van der Waals surface area contributed by atoms with Crippen LogP contribution in [0.5, 0.6) is 0 Å². The van der Waals surface area contributed by atoms with Crippen LogP contribution in [0.1, 0.15) is 41.2 Å². The molecule has 0 atom stereocenters. The summed E-state index contributed by atoms with van der Waals surface area (Å²) < 4.78 is 7.02. The monoisotopic (exact) mass is 318 g/mol. The molecule has 7 nitrogen and oxygen atoms in total. The number of carbonyl (C=O) groups is 2. The lowest BCUT2D eigenvalue weighted by Crippen LogP contribution is -2.26. The van der Waals surface area contributed by atoms with E-state index in [2.05, 4.69) is 15.6 Å². The van der Waals surface area contributed by atoms with E-state index in [1.54, 1.807) is 35.8 Å². The summed E-state index contributed by atoms with van der Waals surface area (Å²) in [6.07, 6.45) is 2.49. The molecule has 0 bridgehead atoms. The average Bonchev–Trinajstić information content (AvgIpc) is 2.97. The van der Waals surface area contributed by atoms with Crippen LogP contribution in [0.25, 0.3) is 5.65 Å². The Kier molecular flexibility index (Phi) is 5.70. The van der Waals surface area contributed by atoms with Gasteiger partial charge in [0.1, 0.15) is 17.0 Å². The summed E-state index contributed by atoms with van der Waals surface area (Å²) in [4.78, 5) is 28.2. The number of nitrogens with one attached hydrogen (secondary N) is 2. The molecule has 0 aliphatic carbocycles. The Morgan fingerprint density at radius 1 is 1.30 bits per heavy atom. The van der Waals surface area contributed by atoms with Crippen molar-refractivity contribution in [2.45, 2.75) is 26.4 Å². The first-order valence-corrected chi connectivity index (χ1v) is 7.63. The minimum atomic E-state index is -0.263. The standard InChI is InChI=1S/C16H22N4O3/c1-11(2)23-9-5-8-18-15(21)12-10-20-13(16(22)17-3)6-4-7-14(20)19-12/h4,6-7,10-11H,5,8-9H2,1-3H3,(H,17,22)(H,18,21). The molecular formula is C16H22N4O3. The van der Waals surface area contributed by atoms with E-state index in [0.717, 1.165) is 6.42 Å². The lowest BCUT2D eigenvalue weighted by Gasteiger charge is -2.07. The topological polar surface area (TPSA) is 84.7 Å². The Balaban J connectivity index is 2.03. The Bertz CT molecular complexity index is 694. The number of nitrogens with zero attached hydrogens (tertiary/aromatic N) is 2. The number of hydrogen-bond donors (Lipinski definition) is 2. The Labute approximate surface area is 135 Å². The molecule has 2 rings (SSSR count). The Hall–Kier alpha value is -2.41. The van der Waals surface area contributed by atoms with Gasteiger partial charge in [-0.3, -0.25) is 14.0 Å². The number of imidazole rings is 1. The normalized spacial score (nSPS) is 11.0. The van der Waals surface area contributed by atoms with Crippen molar-refractivity contribution in [3.8, 4) is 0 Å².